The minimum absolute atomic E-state index is 0.438. The molecule has 0 unspecified atom stereocenters. The molecule has 0 aromatic carbocycles. The van der Waals surface area contributed by atoms with Gasteiger partial charge >= 0.3 is 0 Å². The van der Waals surface area contributed by atoms with Gasteiger partial charge in [-0.25, -0.2) is 10.8 Å². The normalized spacial score (nSPS) is 25.6. The number of anilines is 1. The van der Waals surface area contributed by atoms with E-state index in [0.717, 1.165) is 15.9 Å². The largest absolute Gasteiger partial charge is 0.373 e. The monoisotopic (exact) mass is 241 g/mol. The Morgan fingerprint density at radius 3 is 2.88 bits per heavy atom. The molecule has 1 aliphatic carbocycles. The van der Waals surface area contributed by atoms with E-state index < -0.39 is 0 Å². The first-order chi connectivity index (χ1) is 7.78. The number of thiazole rings is 1. The first-order valence-corrected chi connectivity index (χ1v) is 6.62. The maximum Gasteiger partial charge on any atom is 0.197 e. The average molecular weight is 241 g/mol. The molecule has 0 amide bonds. The van der Waals surface area contributed by atoms with Gasteiger partial charge in [0.05, 0.1) is 17.6 Å². The van der Waals surface area contributed by atoms with Gasteiger partial charge in [0, 0.05) is 6.20 Å². The number of nitrogens with two attached hydrogens (primary N) is 1. The molecule has 2 rings (SSSR count). The van der Waals surface area contributed by atoms with Gasteiger partial charge in [-0.3, -0.25) is 5.43 Å². The van der Waals surface area contributed by atoms with Crippen molar-refractivity contribution in [1.29, 1.82) is 0 Å². The Morgan fingerprint density at radius 2 is 2.25 bits per heavy atom. The second-order valence-corrected chi connectivity index (χ2v) is 5.58. The van der Waals surface area contributed by atoms with Crippen LogP contribution < -0.4 is 11.3 Å². The molecule has 1 aliphatic rings. The third-order valence-electron chi connectivity index (χ3n) is 3.10. The van der Waals surface area contributed by atoms with E-state index in [1.807, 2.05) is 6.20 Å². The summed E-state index contributed by atoms with van der Waals surface area (Å²) in [5.74, 6) is 6.15. The summed E-state index contributed by atoms with van der Waals surface area (Å²) in [4.78, 5) is 5.24. The van der Waals surface area contributed by atoms with E-state index in [-0.39, 0.29) is 0 Å². The standard InChI is InChI=1S/C11H19N3OS/c1-8-2-4-9(5-3-8)15-7-10-6-13-11(14-12)16-10/h6,8-9H,2-5,7,12H2,1H3,(H,13,14). The van der Waals surface area contributed by atoms with Crippen molar-refractivity contribution in [3.63, 3.8) is 0 Å². The van der Waals surface area contributed by atoms with Crippen LogP contribution in [0.4, 0.5) is 5.13 Å². The topological polar surface area (TPSA) is 60.2 Å². The molecule has 16 heavy (non-hydrogen) atoms. The van der Waals surface area contributed by atoms with Crippen molar-refractivity contribution in [3.05, 3.63) is 11.1 Å². The van der Waals surface area contributed by atoms with E-state index in [1.165, 1.54) is 25.7 Å². The maximum atomic E-state index is 5.88. The summed E-state index contributed by atoms with van der Waals surface area (Å²) < 4.78 is 5.88. The highest BCUT2D eigenvalue weighted by Crippen LogP contribution is 2.27. The molecule has 1 fully saturated rings. The highest BCUT2D eigenvalue weighted by Gasteiger charge is 2.18. The van der Waals surface area contributed by atoms with Crippen LogP contribution in [0.3, 0.4) is 0 Å². The van der Waals surface area contributed by atoms with Crippen LogP contribution in [-0.2, 0) is 11.3 Å². The molecule has 1 saturated carbocycles. The summed E-state index contributed by atoms with van der Waals surface area (Å²) in [6.45, 7) is 2.98. The van der Waals surface area contributed by atoms with Crippen molar-refractivity contribution >= 4 is 16.5 Å². The summed E-state index contributed by atoms with van der Waals surface area (Å²) in [6.07, 6.45) is 7.24. The second kappa shape index (κ2) is 5.61. The van der Waals surface area contributed by atoms with Crippen molar-refractivity contribution < 1.29 is 4.74 Å². The molecule has 0 spiro atoms. The van der Waals surface area contributed by atoms with E-state index in [9.17, 15) is 0 Å². The number of nitrogens with one attached hydrogen (secondary N) is 1. The number of nitrogen functional groups attached to an aromatic ring is 1. The molecule has 0 aliphatic heterocycles. The molecule has 0 saturated heterocycles. The number of rotatable bonds is 4. The molecule has 1 aromatic rings. The van der Waals surface area contributed by atoms with E-state index in [1.54, 1.807) is 11.3 Å². The van der Waals surface area contributed by atoms with Crippen molar-refractivity contribution in [3.8, 4) is 0 Å². The molecule has 4 nitrogen and oxygen atoms in total. The molecule has 90 valence electrons. The first kappa shape index (κ1) is 11.8. The smallest absolute Gasteiger partial charge is 0.197 e. The SMILES string of the molecule is CC1CCC(OCc2cnc(NN)s2)CC1. The Bertz CT molecular complexity index is 321. The summed E-state index contributed by atoms with van der Waals surface area (Å²) in [7, 11) is 0. The van der Waals surface area contributed by atoms with E-state index in [0.29, 0.717) is 12.7 Å². The molecule has 3 N–H and O–H groups in total. The van der Waals surface area contributed by atoms with Crippen LogP contribution in [0.15, 0.2) is 6.20 Å². The fourth-order valence-electron chi connectivity index (χ4n) is 2.04. The number of hydrogen-bond donors (Lipinski definition) is 2. The summed E-state index contributed by atoms with van der Waals surface area (Å²) >= 11 is 1.55. The van der Waals surface area contributed by atoms with Crippen LogP contribution in [0, 0.1) is 5.92 Å². The summed E-state index contributed by atoms with van der Waals surface area (Å²) in [6, 6.07) is 0. The van der Waals surface area contributed by atoms with Gasteiger partial charge in [0.15, 0.2) is 5.13 Å². The van der Waals surface area contributed by atoms with Gasteiger partial charge in [0.25, 0.3) is 0 Å². The molecule has 0 radical (unpaired) electrons. The highest BCUT2D eigenvalue weighted by atomic mass is 32.1. The van der Waals surface area contributed by atoms with E-state index in [4.69, 9.17) is 10.6 Å². The zero-order chi connectivity index (χ0) is 11.4. The van der Waals surface area contributed by atoms with Crippen LogP contribution in [0.2, 0.25) is 0 Å². The Hall–Kier alpha value is -0.650. The zero-order valence-corrected chi connectivity index (χ0v) is 10.4. The number of ether oxygens (including phenoxy) is 1. The number of hydrogen-bond acceptors (Lipinski definition) is 5. The lowest BCUT2D eigenvalue weighted by Gasteiger charge is -2.25. The summed E-state index contributed by atoms with van der Waals surface area (Å²) in [5, 5.41) is 0.746. The predicted molar refractivity (Wildman–Crippen MR) is 66.1 cm³/mol. The average Bonchev–Trinajstić information content (AvgIpc) is 2.76. The number of aromatic nitrogens is 1. The van der Waals surface area contributed by atoms with Gasteiger partial charge < -0.3 is 4.74 Å². The predicted octanol–water partition coefficient (Wildman–Crippen LogP) is 2.52. The van der Waals surface area contributed by atoms with Crippen LogP contribution in [0.25, 0.3) is 0 Å². The molecule has 1 aromatic heterocycles. The second-order valence-electron chi connectivity index (χ2n) is 4.47. The van der Waals surface area contributed by atoms with Crippen molar-refractivity contribution in [1.82, 2.24) is 4.98 Å². The molecule has 0 atom stereocenters. The molecular formula is C11H19N3OS. The van der Waals surface area contributed by atoms with Gasteiger partial charge in [0.2, 0.25) is 0 Å². The van der Waals surface area contributed by atoms with Gasteiger partial charge in [-0.1, -0.05) is 18.3 Å². The molecule has 0 bridgehead atoms. The lowest BCUT2D eigenvalue weighted by molar-refractivity contribution is 0.00997. The highest BCUT2D eigenvalue weighted by molar-refractivity contribution is 7.15. The zero-order valence-electron chi connectivity index (χ0n) is 9.61. The Balaban J connectivity index is 1.74. The van der Waals surface area contributed by atoms with Crippen molar-refractivity contribution in [2.24, 2.45) is 11.8 Å². The maximum absolute atomic E-state index is 5.88. The first-order valence-electron chi connectivity index (χ1n) is 5.81. The number of nitrogens with zero attached hydrogens (tertiary/aromatic N) is 1. The van der Waals surface area contributed by atoms with Crippen LogP contribution >= 0.6 is 11.3 Å². The van der Waals surface area contributed by atoms with Gasteiger partial charge in [0.1, 0.15) is 0 Å². The Kier molecular flexibility index (Phi) is 4.15. The third kappa shape index (κ3) is 3.17. The minimum Gasteiger partial charge on any atom is -0.373 e. The van der Waals surface area contributed by atoms with Crippen LogP contribution in [0.1, 0.15) is 37.5 Å². The molecule has 5 heteroatoms. The fourth-order valence-corrected chi connectivity index (χ4v) is 2.68. The summed E-state index contributed by atoms with van der Waals surface area (Å²) in [5.41, 5.74) is 2.54. The number of hydrazine groups is 1. The van der Waals surface area contributed by atoms with Gasteiger partial charge in [-0.15, -0.1) is 0 Å². The lowest BCUT2D eigenvalue weighted by Crippen LogP contribution is -2.20. The van der Waals surface area contributed by atoms with Gasteiger partial charge in [-0.05, 0) is 31.6 Å². The minimum atomic E-state index is 0.438. The van der Waals surface area contributed by atoms with Crippen molar-refractivity contribution in [2.75, 3.05) is 5.43 Å². The van der Waals surface area contributed by atoms with Crippen LogP contribution in [-0.4, -0.2) is 11.1 Å². The van der Waals surface area contributed by atoms with Crippen LogP contribution in [0.5, 0.6) is 0 Å². The lowest BCUT2D eigenvalue weighted by atomic mass is 9.89. The quantitative estimate of drug-likeness (QED) is 0.628. The fraction of sp³-hybridized carbons (Fsp3) is 0.727. The van der Waals surface area contributed by atoms with E-state index in [2.05, 4.69) is 17.3 Å². The van der Waals surface area contributed by atoms with Crippen molar-refractivity contribution in [2.45, 2.75) is 45.3 Å². The van der Waals surface area contributed by atoms with E-state index >= 15 is 0 Å². The molecular weight excluding hydrogens is 222 g/mol. The van der Waals surface area contributed by atoms with Gasteiger partial charge in [-0.2, -0.15) is 0 Å². The molecule has 1 heterocycles. The Labute approximate surface area is 100 Å². The third-order valence-corrected chi connectivity index (χ3v) is 4.00. The Morgan fingerprint density at radius 1 is 1.50 bits per heavy atom.